The second-order valence-corrected chi connectivity index (χ2v) is 5.67. The monoisotopic (exact) mass is 310 g/mol. The van der Waals surface area contributed by atoms with E-state index in [9.17, 15) is 4.79 Å². The smallest absolute Gasteiger partial charge is 0.262 e. The lowest BCUT2D eigenvalue weighted by atomic mass is 10.1. The fourth-order valence-corrected chi connectivity index (χ4v) is 2.65. The lowest BCUT2D eigenvalue weighted by Crippen LogP contribution is -2.25. The molecule has 0 aliphatic carbocycles. The maximum Gasteiger partial charge on any atom is 0.262 e. The standard InChI is InChI=1S/C11H7BrN2O2S/c12-11-14-8(5-17-11)6-1-2-9-7(3-6)13-10(15)4-16-9/h1-3,5H,4H2,(H,13,15). The summed E-state index contributed by atoms with van der Waals surface area (Å²) in [6, 6.07) is 5.64. The summed E-state index contributed by atoms with van der Waals surface area (Å²) in [5.41, 5.74) is 2.53. The molecule has 0 spiro atoms. The first-order valence-electron chi connectivity index (χ1n) is 4.90. The number of halogens is 1. The van der Waals surface area contributed by atoms with E-state index in [4.69, 9.17) is 4.74 Å². The molecule has 2 aromatic rings. The van der Waals surface area contributed by atoms with Crippen LogP contribution in [0.3, 0.4) is 0 Å². The average molecular weight is 311 g/mol. The van der Waals surface area contributed by atoms with E-state index in [-0.39, 0.29) is 12.5 Å². The Balaban J connectivity index is 2.03. The molecule has 2 heterocycles. The van der Waals surface area contributed by atoms with Gasteiger partial charge in [0.05, 0.1) is 11.4 Å². The lowest BCUT2D eigenvalue weighted by molar-refractivity contribution is -0.118. The normalized spacial score (nSPS) is 13.8. The predicted octanol–water partition coefficient (Wildman–Crippen LogP) is 2.90. The van der Waals surface area contributed by atoms with Crippen LogP contribution in [-0.4, -0.2) is 17.5 Å². The Morgan fingerprint density at radius 2 is 2.35 bits per heavy atom. The molecule has 1 aliphatic rings. The molecule has 3 rings (SSSR count). The fraction of sp³-hybridized carbons (Fsp3) is 0.0909. The first-order chi connectivity index (χ1) is 8.22. The first-order valence-corrected chi connectivity index (χ1v) is 6.58. The van der Waals surface area contributed by atoms with Gasteiger partial charge in [0.1, 0.15) is 5.75 Å². The minimum Gasteiger partial charge on any atom is -0.482 e. The van der Waals surface area contributed by atoms with Gasteiger partial charge >= 0.3 is 0 Å². The SMILES string of the molecule is O=C1COc2ccc(-c3csc(Br)n3)cc2N1. The van der Waals surface area contributed by atoms with E-state index in [2.05, 4.69) is 26.2 Å². The summed E-state index contributed by atoms with van der Waals surface area (Å²) in [4.78, 5) is 15.6. The summed E-state index contributed by atoms with van der Waals surface area (Å²) in [6.07, 6.45) is 0. The van der Waals surface area contributed by atoms with Crippen molar-refractivity contribution in [3.8, 4) is 17.0 Å². The van der Waals surface area contributed by atoms with E-state index < -0.39 is 0 Å². The molecule has 1 aromatic carbocycles. The van der Waals surface area contributed by atoms with Crippen LogP contribution in [0, 0.1) is 0 Å². The minimum absolute atomic E-state index is 0.0780. The van der Waals surface area contributed by atoms with Crippen LogP contribution >= 0.6 is 27.3 Å². The van der Waals surface area contributed by atoms with Crippen LogP contribution in [0.5, 0.6) is 5.75 Å². The lowest BCUT2D eigenvalue weighted by Gasteiger charge is -2.18. The van der Waals surface area contributed by atoms with Crippen LogP contribution in [-0.2, 0) is 4.79 Å². The van der Waals surface area contributed by atoms with Crippen molar-refractivity contribution in [2.75, 3.05) is 11.9 Å². The van der Waals surface area contributed by atoms with Crippen molar-refractivity contribution in [3.05, 3.63) is 27.5 Å². The summed E-state index contributed by atoms with van der Waals surface area (Å²) in [7, 11) is 0. The third kappa shape index (κ3) is 2.05. The Morgan fingerprint density at radius 1 is 1.47 bits per heavy atom. The predicted molar refractivity (Wildman–Crippen MR) is 69.4 cm³/mol. The fourth-order valence-electron chi connectivity index (χ4n) is 1.63. The molecule has 0 saturated carbocycles. The maximum absolute atomic E-state index is 11.2. The molecule has 1 N–H and O–H groups in total. The van der Waals surface area contributed by atoms with Gasteiger partial charge in [0.25, 0.3) is 5.91 Å². The van der Waals surface area contributed by atoms with Crippen LogP contribution in [0.25, 0.3) is 11.3 Å². The van der Waals surface area contributed by atoms with Gasteiger partial charge in [-0.25, -0.2) is 4.98 Å². The molecule has 0 atom stereocenters. The molecule has 6 heteroatoms. The third-order valence-corrected chi connectivity index (χ3v) is 3.75. The molecule has 0 fully saturated rings. The second kappa shape index (κ2) is 4.12. The maximum atomic E-state index is 11.2. The number of nitrogens with zero attached hydrogens (tertiary/aromatic N) is 1. The Hall–Kier alpha value is -1.40. The highest BCUT2D eigenvalue weighted by Gasteiger charge is 2.16. The number of thiazole rings is 1. The highest BCUT2D eigenvalue weighted by Crippen LogP contribution is 2.33. The molecule has 0 unspecified atom stereocenters. The van der Waals surface area contributed by atoms with Gasteiger partial charge in [-0.1, -0.05) is 0 Å². The number of ether oxygens (including phenoxy) is 1. The highest BCUT2D eigenvalue weighted by atomic mass is 79.9. The number of amides is 1. The van der Waals surface area contributed by atoms with Crippen molar-refractivity contribution >= 4 is 38.9 Å². The topological polar surface area (TPSA) is 51.2 Å². The van der Waals surface area contributed by atoms with E-state index in [1.807, 2.05) is 23.6 Å². The van der Waals surface area contributed by atoms with Crippen LogP contribution in [0.2, 0.25) is 0 Å². The Bertz CT molecular complexity index is 597. The van der Waals surface area contributed by atoms with E-state index in [0.717, 1.165) is 15.2 Å². The number of hydrogen-bond donors (Lipinski definition) is 1. The van der Waals surface area contributed by atoms with Crippen molar-refractivity contribution in [1.29, 1.82) is 0 Å². The van der Waals surface area contributed by atoms with E-state index in [0.29, 0.717) is 11.4 Å². The average Bonchev–Trinajstić information content (AvgIpc) is 2.75. The summed E-state index contributed by atoms with van der Waals surface area (Å²) in [6.45, 7) is 0.0780. The number of rotatable bonds is 1. The van der Waals surface area contributed by atoms with E-state index in [1.54, 1.807) is 0 Å². The van der Waals surface area contributed by atoms with Gasteiger partial charge in [0, 0.05) is 10.9 Å². The molecule has 0 saturated heterocycles. The molecule has 1 aromatic heterocycles. The number of fused-ring (bicyclic) bond motifs is 1. The van der Waals surface area contributed by atoms with Crippen molar-refractivity contribution in [2.45, 2.75) is 0 Å². The molecule has 1 aliphatic heterocycles. The van der Waals surface area contributed by atoms with Gasteiger partial charge in [-0.05, 0) is 34.1 Å². The Kier molecular flexibility index (Phi) is 2.60. The Labute approximate surface area is 110 Å². The minimum atomic E-state index is -0.130. The number of anilines is 1. The van der Waals surface area contributed by atoms with E-state index in [1.165, 1.54) is 11.3 Å². The first kappa shape index (κ1) is 10.7. The summed E-state index contributed by atoms with van der Waals surface area (Å²) < 4.78 is 6.13. The molecular weight excluding hydrogens is 304 g/mol. The largest absolute Gasteiger partial charge is 0.482 e. The van der Waals surface area contributed by atoms with Crippen molar-refractivity contribution in [2.24, 2.45) is 0 Å². The zero-order valence-corrected chi connectivity index (χ0v) is 11.0. The summed E-state index contributed by atoms with van der Waals surface area (Å²) >= 11 is 4.85. The third-order valence-electron chi connectivity index (χ3n) is 2.38. The van der Waals surface area contributed by atoms with Crippen molar-refractivity contribution in [3.63, 3.8) is 0 Å². The van der Waals surface area contributed by atoms with Crippen molar-refractivity contribution < 1.29 is 9.53 Å². The van der Waals surface area contributed by atoms with Crippen LogP contribution in [0.4, 0.5) is 5.69 Å². The summed E-state index contributed by atoms with van der Waals surface area (Å²) in [5.74, 6) is 0.566. The molecule has 4 nitrogen and oxygen atoms in total. The number of carbonyl (C=O) groups is 1. The highest BCUT2D eigenvalue weighted by molar-refractivity contribution is 9.11. The van der Waals surface area contributed by atoms with Gasteiger partial charge in [-0.2, -0.15) is 0 Å². The number of carbonyl (C=O) groups excluding carboxylic acids is 1. The van der Waals surface area contributed by atoms with Crippen molar-refractivity contribution in [1.82, 2.24) is 4.98 Å². The molecular formula is C11H7BrN2O2S. The van der Waals surface area contributed by atoms with Gasteiger partial charge < -0.3 is 10.1 Å². The summed E-state index contributed by atoms with van der Waals surface area (Å²) in [5, 5.41) is 4.73. The van der Waals surface area contributed by atoms with Gasteiger partial charge in [-0.15, -0.1) is 11.3 Å². The zero-order chi connectivity index (χ0) is 11.8. The van der Waals surface area contributed by atoms with Crippen LogP contribution < -0.4 is 10.1 Å². The number of aromatic nitrogens is 1. The van der Waals surface area contributed by atoms with Gasteiger partial charge in [0.15, 0.2) is 10.5 Å². The number of nitrogens with one attached hydrogen (secondary N) is 1. The Morgan fingerprint density at radius 3 is 3.12 bits per heavy atom. The second-order valence-electron chi connectivity index (χ2n) is 3.53. The molecule has 0 radical (unpaired) electrons. The van der Waals surface area contributed by atoms with Gasteiger partial charge in [0.2, 0.25) is 0 Å². The molecule has 17 heavy (non-hydrogen) atoms. The zero-order valence-electron chi connectivity index (χ0n) is 8.57. The quantitative estimate of drug-likeness (QED) is 0.881. The van der Waals surface area contributed by atoms with Crippen LogP contribution in [0.1, 0.15) is 0 Å². The molecule has 0 bridgehead atoms. The number of benzene rings is 1. The van der Waals surface area contributed by atoms with Crippen LogP contribution in [0.15, 0.2) is 27.5 Å². The molecule has 1 amide bonds. The number of hydrogen-bond acceptors (Lipinski definition) is 4. The van der Waals surface area contributed by atoms with E-state index >= 15 is 0 Å². The molecule has 86 valence electrons. The van der Waals surface area contributed by atoms with Gasteiger partial charge in [-0.3, -0.25) is 4.79 Å².